The number of aliphatic hydroxyl groups excluding tert-OH is 28. The van der Waals surface area contributed by atoms with Crippen molar-refractivity contribution < 1.29 is 215 Å². The molecule has 0 aromatic rings. The van der Waals surface area contributed by atoms with E-state index in [2.05, 4.69) is 16.0 Å². The number of carbonyl (C=O) groups is 4. The van der Waals surface area contributed by atoms with Crippen molar-refractivity contribution >= 4 is 23.7 Å². The molecule has 10 aliphatic rings. The number of hydrogen-bond acceptors (Lipinski definition) is 45. The molecule has 0 aromatic heterocycles. The van der Waals surface area contributed by atoms with Crippen molar-refractivity contribution in [1.82, 2.24) is 16.0 Å². The number of nitrogens with two attached hydrogens (primary N) is 2. The number of aliphatic hydroxyl groups is 28. The molecule has 10 heterocycles. The van der Waals surface area contributed by atoms with Gasteiger partial charge in [-0.3, -0.25) is 14.4 Å². The van der Waals surface area contributed by atoms with Gasteiger partial charge in [0.2, 0.25) is 17.7 Å². The minimum Gasteiger partial charge on any atom is -0.550 e. The number of carboxylic acid groups (broad SMARTS) is 1. The topological polar surface area (TPSA) is 838 Å². The minimum absolute atomic E-state index is 0.0928. The maximum atomic E-state index is 10.8. The molecule has 10 aliphatic heterocycles. The molecule has 48 nitrogen and oxygen atoms in total. The van der Waals surface area contributed by atoms with Gasteiger partial charge in [-0.2, -0.15) is 0 Å². The average molecular weight is 1830 g/mol. The van der Waals surface area contributed by atoms with Crippen molar-refractivity contribution in [3.63, 3.8) is 0 Å². The SMILES string of the molecule is CC(=O)NC1C(O)C(C)OC(C)C1O.CC(=O)NC1CC(C)OC(C)C1O.CC(=O)NCC1OC(C)C(O)C(O)C1O.CC1CC(N)C(O)C(C)O1.CC1OC(C)C(O)C(N)C1O.CC1OC(CC(=O)[O-])C(O)C(O)C1O.CC1OC(CO)C(O)C(O)C1O.CC1OC(CO)C(O)C(O)C1O.CC1OC(CO)C(O)C(O)C1O.CC1OC(CO)C(O)C(O)C1O. The summed E-state index contributed by atoms with van der Waals surface area (Å²) in [6, 6.07) is -1.52. The number of aliphatic carboxylic acids is 1. The Morgan fingerprint density at radius 1 is 0.280 bits per heavy atom. The summed E-state index contributed by atoms with van der Waals surface area (Å²) in [6.45, 7) is 26.7. The predicted octanol–water partition coefficient (Wildman–Crippen LogP) is -15.8. The number of hydrogen-bond donors (Lipinski definition) is 33. The summed E-state index contributed by atoms with van der Waals surface area (Å²) < 4.78 is 51.6. The number of nitrogens with one attached hydrogen (secondary N) is 3. The molecule has 48 heteroatoms. The van der Waals surface area contributed by atoms with Crippen LogP contribution in [0.15, 0.2) is 0 Å². The normalized spacial score (nSPS) is 46.3. The summed E-state index contributed by atoms with van der Waals surface area (Å²) in [7, 11) is 0. The fourth-order valence-electron chi connectivity index (χ4n) is 14.3. The fourth-order valence-corrected chi connectivity index (χ4v) is 14.3. The molecule has 125 heavy (non-hydrogen) atoms. The summed E-state index contributed by atoms with van der Waals surface area (Å²) in [5, 5.41) is 277. The molecule has 0 radical (unpaired) electrons. The van der Waals surface area contributed by atoms with E-state index in [0.29, 0.717) is 6.42 Å². The van der Waals surface area contributed by atoms with Crippen LogP contribution in [0.25, 0.3) is 0 Å². The van der Waals surface area contributed by atoms with Gasteiger partial charge in [0.15, 0.2) is 0 Å². The Balaban J connectivity index is 0.000000696. The molecule has 0 aromatic carbocycles. The number of carboxylic acids is 1. The van der Waals surface area contributed by atoms with E-state index in [0.717, 1.165) is 6.42 Å². The van der Waals surface area contributed by atoms with Crippen LogP contribution in [0.3, 0.4) is 0 Å². The Kier molecular flexibility index (Phi) is 54.4. The summed E-state index contributed by atoms with van der Waals surface area (Å²) in [6.07, 6.45) is -35.1. The highest BCUT2D eigenvalue weighted by Crippen LogP contribution is 2.29. The Morgan fingerprint density at radius 3 is 0.792 bits per heavy atom. The van der Waals surface area contributed by atoms with Crippen LogP contribution in [-0.4, -0.2) is 492 Å². The van der Waals surface area contributed by atoms with E-state index in [-0.39, 0.29) is 112 Å². The first-order chi connectivity index (χ1) is 57.7. The van der Waals surface area contributed by atoms with Crippen LogP contribution in [0.1, 0.15) is 137 Å². The van der Waals surface area contributed by atoms with E-state index in [9.17, 15) is 147 Å². The molecule has 0 spiro atoms. The summed E-state index contributed by atoms with van der Waals surface area (Å²) >= 11 is 0. The lowest BCUT2D eigenvalue weighted by atomic mass is 9.94. The molecule has 0 bridgehead atoms. The predicted molar refractivity (Wildman–Crippen MR) is 427 cm³/mol. The minimum atomic E-state index is -1.40. The first kappa shape index (κ1) is 119. The largest absolute Gasteiger partial charge is 0.550 e. The molecule has 742 valence electrons. The maximum absolute atomic E-state index is 10.8. The number of amides is 3. The van der Waals surface area contributed by atoms with E-state index in [1.54, 1.807) is 62.3 Å². The van der Waals surface area contributed by atoms with Gasteiger partial charge in [0.1, 0.15) is 159 Å². The van der Waals surface area contributed by atoms with Crippen molar-refractivity contribution in [2.45, 2.75) is 430 Å². The van der Waals surface area contributed by atoms with Gasteiger partial charge in [-0.1, -0.05) is 0 Å². The molecule has 10 fully saturated rings. The molecule has 46 atom stereocenters. The first-order valence-electron chi connectivity index (χ1n) is 41.6. The molecular formula is C77H150N5O43-. The van der Waals surface area contributed by atoms with Gasteiger partial charge in [0, 0.05) is 45.7 Å². The Hall–Kier alpha value is -3.72. The van der Waals surface area contributed by atoms with Crippen LogP contribution in [0, 0.1) is 0 Å². The lowest BCUT2D eigenvalue weighted by Crippen LogP contribution is -2.62. The summed E-state index contributed by atoms with van der Waals surface area (Å²) in [4.78, 5) is 42.6. The Morgan fingerprint density at radius 2 is 0.520 bits per heavy atom. The number of ether oxygens (including phenoxy) is 10. The maximum Gasteiger partial charge on any atom is 0.217 e. The zero-order valence-corrected chi connectivity index (χ0v) is 73.7. The van der Waals surface area contributed by atoms with Gasteiger partial charge < -0.3 is 228 Å². The van der Waals surface area contributed by atoms with E-state index in [1.165, 1.54) is 27.7 Å². The van der Waals surface area contributed by atoms with Crippen LogP contribution in [0.4, 0.5) is 0 Å². The van der Waals surface area contributed by atoms with E-state index in [4.69, 9.17) is 79.3 Å². The quantitative estimate of drug-likeness (QED) is 0.0966. The second-order valence-electron chi connectivity index (χ2n) is 32.9. The number of rotatable bonds is 10. The van der Waals surface area contributed by atoms with E-state index in [1.807, 2.05) is 27.7 Å². The van der Waals surface area contributed by atoms with Crippen molar-refractivity contribution in [1.29, 1.82) is 0 Å². The third-order valence-corrected chi connectivity index (χ3v) is 22.3. The zero-order chi connectivity index (χ0) is 96.9. The van der Waals surface area contributed by atoms with E-state index >= 15 is 0 Å². The van der Waals surface area contributed by atoms with Gasteiger partial charge in [-0.25, -0.2) is 0 Å². The Labute approximate surface area is 726 Å². The highest BCUT2D eigenvalue weighted by molar-refractivity contribution is 5.74. The third-order valence-electron chi connectivity index (χ3n) is 22.3. The monoisotopic (exact) mass is 1830 g/mol. The van der Waals surface area contributed by atoms with Gasteiger partial charge in [-0.15, -0.1) is 0 Å². The molecule has 46 unspecified atom stereocenters. The van der Waals surface area contributed by atoms with Crippen molar-refractivity contribution in [2.75, 3.05) is 33.0 Å². The molecule has 3 amide bonds. The molecule has 10 saturated heterocycles. The molecule has 0 saturated carbocycles. The number of carbonyl (C=O) groups excluding carboxylic acids is 4. The van der Waals surface area contributed by atoms with E-state index < -0.39 is 244 Å². The molecule has 10 rings (SSSR count). The standard InChI is InChI=1S/C9H17NO5.C9H17NO4.C9H17NO3.C8H14O6.C7H15NO3.C7H15NO2.4C7H14O5/c1-4-7(12)9(14)8(13)6(15-4)3-10-5(2)11;1-4-8(12)7(10-6(3)11)9(13)5(2)14-4;1-5-4-8(10-7(3)11)9(12)6(2)13-5;1-3-6(11)8(13)7(12)4(14-3)2-5(9)10;1-3-6(9)5(8)7(10)4(2)11-3;1-4-3-6(8)7(9)5(2)10-4;4*1-3-5(9)7(11)6(10)4(2-8)12-3/h4,6-9,12-14H,3H2,1-2H3,(H,10,11);4-5,7-9,12-13H,1-3H3,(H,10,11);5-6,8-9,12H,4H2,1-3H3,(H,10,11);3-4,6-8,11-13H,2H2,1H3,(H,9,10);3-7,9-10H,8H2,1-2H3;4-7,9H,3,8H2,1-2H3;4*3-11H,2H2,1H3/p-1. The zero-order valence-electron chi connectivity index (χ0n) is 73.7. The van der Waals surface area contributed by atoms with Crippen molar-refractivity contribution in [3.8, 4) is 0 Å². The second-order valence-corrected chi connectivity index (χ2v) is 32.9. The lowest BCUT2D eigenvalue weighted by molar-refractivity contribution is -0.312. The highest BCUT2D eigenvalue weighted by atomic mass is 16.6. The van der Waals surface area contributed by atoms with Crippen LogP contribution >= 0.6 is 0 Å². The summed E-state index contributed by atoms with van der Waals surface area (Å²) in [5.74, 6) is -1.98. The molecular weight excluding hydrogens is 1680 g/mol. The average Bonchev–Trinajstić information content (AvgIpc) is 0.819. The summed E-state index contributed by atoms with van der Waals surface area (Å²) in [5.41, 5.74) is 11.2. The van der Waals surface area contributed by atoms with Gasteiger partial charge in [0.25, 0.3) is 0 Å². The highest BCUT2D eigenvalue weighted by Gasteiger charge is 2.48. The van der Waals surface area contributed by atoms with Crippen LogP contribution in [0.5, 0.6) is 0 Å². The van der Waals surface area contributed by atoms with Crippen LogP contribution in [0.2, 0.25) is 0 Å². The third kappa shape index (κ3) is 37.0. The fraction of sp³-hybridized carbons (Fsp3) is 0.948. The van der Waals surface area contributed by atoms with Crippen LogP contribution < -0.4 is 32.5 Å². The smallest absolute Gasteiger partial charge is 0.217 e. The Bertz CT molecular complexity index is 2790. The lowest BCUT2D eigenvalue weighted by Gasteiger charge is -2.40. The molecule has 0 aliphatic carbocycles. The second kappa shape index (κ2) is 57.0. The van der Waals surface area contributed by atoms with Gasteiger partial charge in [0.05, 0.1) is 154 Å². The van der Waals surface area contributed by atoms with Gasteiger partial charge in [-0.05, 0) is 110 Å². The van der Waals surface area contributed by atoms with Crippen molar-refractivity contribution in [3.05, 3.63) is 0 Å². The van der Waals surface area contributed by atoms with Gasteiger partial charge >= 0.3 is 0 Å². The first-order valence-corrected chi connectivity index (χ1v) is 41.6. The van der Waals surface area contributed by atoms with Crippen molar-refractivity contribution in [2.24, 2.45) is 11.5 Å². The molecule has 35 N–H and O–H groups in total. The van der Waals surface area contributed by atoms with Crippen LogP contribution in [-0.2, 0) is 66.5 Å².